The number of carboxylic acids is 1. The normalized spacial score (nSPS) is 27.4. The summed E-state index contributed by atoms with van der Waals surface area (Å²) in [7, 11) is 0. The number of hydrogen-bond acceptors (Lipinski definition) is 4. The van der Waals surface area contributed by atoms with Crippen molar-refractivity contribution in [3.05, 3.63) is 0 Å². The zero-order chi connectivity index (χ0) is 14.0. The molecule has 0 saturated carbocycles. The lowest BCUT2D eigenvalue weighted by atomic mass is 9.95. The Bertz CT molecular complexity index is 340. The summed E-state index contributed by atoms with van der Waals surface area (Å²) in [6.07, 6.45) is 1.32. The molecular formula is C11H20N2O5. The number of amides is 2. The van der Waals surface area contributed by atoms with Gasteiger partial charge in [0.05, 0.1) is 18.7 Å². The SMILES string of the molecule is CC1(O)CCCN(C(=O)NCC(C)(O)C(=O)O)C1. The van der Waals surface area contributed by atoms with Gasteiger partial charge in [-0.25, -0.2) is 9.59 Å². The first kappa shape index (κ1) is 14.7. The molecule has 18 heavy (non-hydrogen) atoms. The van der Waals surface area contributed by atoms with E-state index in [9.17, 15) is 19.8 Å². The minimum Gasteiger partial charge on any atom is -0.479 e. The Balaban J connectivity index is 2.49. The van der Waals surface area contributed by atoms with Crippen LogP contribution in [0.25, 0.3) is 0 Å². The fourth-order valence-electron chi connectivity index (χ4n) is 1.83. The summed E-state index contributed by atoms with van der Waals surface area (Å²) in [5.74, 6) is -1.39. The van der Waals surface area contributed by atoms with Gasteiger partial charge in [-0.1, -0.05) is 0 Å². The fraction of sp³-hybridized carbons (Fsp3) is 0.818. The van der Waals surface area contributed by atoms with Crippen molar-refractivity contribution in [2.75, 3.05) is 19.6 Å². The van der Waals surface area contributed by atoms with E-state index in [1.165, 1.54) is 4.90 Å². The van der Waals surface area contributed by atoms with E-state index in [0.29, 0.717) is 19.4 Å². The lowest BCUT2D eigenvalue weighted by molar-refractivity contribution is -0.155. The number of carbonyl (C=O) groups excluding carboxylic acids is 1. The third-order valence-electron chi connectivity index (χ3n) is 3.01. The third kappa shape index (κ3) is 3.85. The van der Waals surface area contributed by atoms with Crippen molar-refractivity contribution in [2.24, 2.45) is 0 Å². The Labute approximate surface area is 105 Å². The second-order valence-electron chi connectivity index (χ2n) is 5.26. The summed E-state index contributed by atoms with van der Waals surface area (Å²) >= 11 is 0. The Morgan fingerprint density at radius 2 is 2.11 bits per heavy atom. The molecule has 2 amide bonds. The molecule has 0 radical (unpaired) electrons. The number of rotatable bonds is 3. The molecule has 0 aromatic rings. The maximum atomic E-state index is 11.8. The van der Waals surface area contributed by atoms with Crippen LogP contribution in [0.1, 0.15) is 26.7 Å². The number of piperidine rings is 1. The zero-order valence-electron chi connectivity index (χ0n) is 10.6. The number of aliphatic carboxylic acids is 1. The van der Waals surface area contributed by atoms with Gasteiger partial charge in [-0.2, -0.15) is 0 Å². The van der Waals surface area contributed by atoms with Gasteiger partial charge in [0, 0.05) is 6.54 Å². The number of aliphatic hydroxyl groups is 2. The predicted octanol–water partition coefficient (Wildman–Crippen LogP) is -0.622. The molecule has 104 valence electrons. The first-order valence-electron chi connectivity index (χ1n) is 5.85. The topological polar surface area (TPSA) is 110 Å². The van der Waals surface area contributed by atoms with Gasteiger partial charge < -0.3 is 25.5 Å². The first-order chi connectivity index (χ1) is 8.14. The maximum absolute atomic E-state index is 11.8. The van der Waals surface area contributed by atoms with Gasteiger partial charge in [-0.3, -0.25) is 0 Å². The van der Waals surface area contributed by atoms with Gasteiger partial charge in [-0.15, -0.1) is 0 Å². The summed E-state index contributed by atoms with van der Waals surface area (Å²) < 4.78 is 0. The largest absolute Gasteiger partial charge is 0.479 e. The van der Waals surface area contributed by atoms with Crippen molar-refractivity contribution in [3.8, 4) is 0 Å². The van der Waals surface area contributed by atoms with Gasteiger partial charge in [0.15, 0.2) is 5.60 Å². The molecule has 0 aromatic heterocycles. The number of likely N-dealkylation sites (tertiary alicyclic amines) is 1. The number of β-amino-alcohol motifs (C(OH)–C–C–N with tert-alkyl or cyclic N) is 1. The van der Waals surface area contributed by atoms with Crippen LogP contribution >= 0.6 is 0 Å². The van der Waals surface area contributed by atoms with E-state index in [-0.39, 0.29) is 13.1 Å². The van der Waals surface area contributed by atoms with Crippen LogP contribution in [0.15, 0.2) is 0 Å². The summed E-state index contributed by atoms with van der Waals surface area (Å²) in [5, 5.41) is 30.4. The van der Waals surface area contributed by atoms with Gasteiger partial charge in [0.25, 0.3) is 0 Å². The van der Waals surface area contributed by atoms with E-state index in [4.69, 9.17) is 5.11 Å². The monoisotopic (exact) mass is 260 g/mol. The van der Waals surface area contributed by atoms with Crippen LogP contribution in [-0.4, -0.2) is 63.1 Å². The van der Waals surface area contributed by atoms with Crippen molar-refractivity contribution in [3.63, 3.8) is 0 Å². The molecule has 1 fully saturated rings. The molecular weight excluding hydrogens is 240 g/mol. The minimum atomic E-state index is -1.99. The van der Waals surface area contributed by atoms with Gasteiger partial charge in [0.1, 0.15) is 0 Å². The molecule has 1 aliphatic heterocycles. The van der Waals surface area contributed by atoms with Gasteiger partial charge in [0.2, 0.25) is 0 Å². The van der Waals surface area contributed by atoms with Gasteiger partial charge >= 0.3 is 12.0 Å². The van der Waals surface area contributed by atoms with Crippen LogP contribution in [0.4, 0.5) is 4.79 Å². The smallest absolute Gasteiger partial charge is 0.337 e. The fourth-order valence-corrected chi connectivity index (χ4v) is 1.83. The highest BCUT2D eigenvalue weighted by atomic mass is 16.4. The van der Waals surface area contributed by atoms with E-state index in [0.717, 1.165) is 6.92 Å². The molecule has 1 saturated heterocycles. The van der Waals surface area contributed by atoms with Gasteiger partial charge in [-0.05, 0) is 26.7 Å². The van der Waals surface area contributed by atoms with Crippen molar-refractivity contribution in [2.45, 2.75) is 37.9 Å². The molecule has 1 rings (SSSR count). The van der Waals surface area contributed by atoms with Crippen molar-refractivity contribution in [1.82, 2.24) is 10.2 Å². The summed E-state index contributed by atoms with van der Waals surface area (Å²) in [6, 6.07) is -0.475. The molecule has 1 aliphatic rings. The van der Waals surface area contributed by atoms with Crippen molar-refractivity contribution < 1.29 is 24.9 Å². The Morgan fingerprint density at radius 1 is 1.50 bits per heavy atom. The molecule has 1 heterocycles. The molecule has 4 N–H and O–H groups in total. The average molecular weight is 260 g/mol. The van der Waals surface area contributed by atoms with E-state index >= 15 is 0 Å². The van der Waals surface area contributed by atoms with Crippen LogP contribution in [0.5, 0.6) is 0 Å². The van der Waals surface area contributed by atoms with E-state index in [1.54, 1.807) is 6.92 Å². The van der Waals surface area contributed by atoms with Crippen LogP contribution in [0.2, 0.25) is 0 Å². The lowest BCUT2D eigenvalue weighted by Crippen LogP contribution is -2.55. The van der Waals surface area contributed by atoms with Crippen molar-refractivity contribution in [1.29, 1.82) is 0 Å². The molecule has 0 aliphatic carbocycles. The van der Waals surface area contributed by atoms with Crippen LogP contribution in [0, 0.1) is 0 Å². The molecule has 7 nitrogen and oxygen atoms in total. The van der Waals surface area contributed by atoms with Crippen molar-refractivity contribution >= 4 is 12.0 Å². The number of hydrogen-bond donors (Lipinski definition) is 4. The minimum absolute atomic E-state index is 0.202. The average Bonchev–Trinajstić information content (AvgIpc) is 2.24. The highest BCUT2D eigenvalue weighted by Crippen LogP contribution is 2.20. The predicted molar refractivity (Wildman–Crippen MR) is 63.1 cm³/mol. The number of urea groups is 1. The molecule has 0 spiro atoms. The lowest BCUT2D eigenvalue weighted by Gasteiger charge is -2.37. The Hall–Kier alpha value is -1.34. The summed E-state index contributed by atoms with van der Waals surface area (Å²) in [6.45, 7) is 3.10. The second-order valence-corrected chi connectivity index (χ2v) is 5.26. The Morgan fingerprint density at radius 3 is 2.61 bits per heavy atom. The highest BCUT2D eigenvalue weighted by molar-refractivity contribution is 5.79. The molecule has 7 heteroatoms. The molecule has 0 aromatic carbocycles. The molecule has 2 unspecified atom stereocenters. The standard InChI is InChI=1S/C11H20N2O5/c1-10(17)4-3-5-13(7-10)9(16)12-6-11(2,18)8(14)15/h17-18H,3-7H2,1-2H3,(H,12,16)(H,14,15). The number of nitrogens with one attached hydrogen (secondary N) is 1. The van der Waals surface area contributed by atoms with Crippen LogP contribution in [0.3, 0.4) is 0 Å². The van der Waals surface area contributed by atoms with E-state index in [2.05, 4.69) is 5.32 Å². The number of carbonyl (C=O) groups is 2. The molecule has 0 bridgehead atoms. The maximum Gasteiger partial charge on any atom is 0.337 e. The Kier molecular flexibility index (Phi) is 4.18. The molecule has 2 atom stereocenters. The quantitative estimate of drug-likeness (QED) is 0.540. The zero-order valence-corrected chi connectivity index (χ0v) is 10.6. The van der Waals surface area contributed by atoms with E-state index < -0.39 is 23.2 Å². The number of carboxylic acid groups (broad SMARTS) is 1. The third-order valence-corrected chi connectivity index (χ3v) is 3.01. The second kappa shape index (κ2) is 5.11. The first-order valence-corrected chi connectivity index (χ1v) is 5.85. The summed E-state index contributed by atoms with van der Waals surface area (Å²) in [4.78, 5) is 23.8. The van der Waals surface area contributed by atoms with E-state index in [1.807, 2.05) is 0 Å². The highest BCUT2D eigenvalue weighted by Gasteiger charge is 2.34. The number of nitrogens with zero attached hydrogens (tertiary/aromatic N) is 1. The summed E-state index contributed by atoms with van der Waals surface area (Å²) in [5.41, 5.74) is -2.90. The van der Waals surface area contributed by atoms with Crippen LogP contribution < -0.4 is 5.32 Å². The van der Waals surface area contributed by atoms with Crippen LogP contribution in [-0.2, 0) is 4.79 Å².